The molecule has 0 aliphatic rings. The number of hydrogen-bond donors (Lipinski definition) is 0. The van der Waals surface area contributed by atoms with Crippen LogP contribution >= 0.6 is 0 Å². The zero-order chi connectivity index (χ0) is 32.3. The highest BCUT2D eigenvalue weighted by atomic mass is 16.3. The molecule has 49 heavy (non-hydrogen) atoms. The van der Waals surface area contributed by atoms with E-state index in [1.54, 1.807) is 0 Å². The first-order valence-electron chi connectivity index (χ1n) is 16.5. The Hall–Kier alpha value is -6.65. The first-order valence-corrected chi connectivity index (χ1v) is 16.5. The van der Waals surface area contributed by atoms with Crippen LogP contribution in [0.25, 0.3) is 77.2 Å². The molecule has 0 unspecified atom stereocenters. The van der Waals surface area contributed by atoms with Gasteiger partial charge in [-0.1, -0.05) is 97.1 Å². The highest BCUT2D eigenvalue weighted by molar-refractivity contribution is 6.19. The van der Waals surface area contributed by atoms with Crippen LogP contribution in [0.15, 0.2) is 179 Å². The molecule has 2 heterocycles. The van der Waals surface area contributed by atoms with Crippen LogP contribution in [0.2, 0.25) is 0 Å². The van der Waals surface area contributed by atoms with E-state index in [1.165, 1.54) is 32.7 Å². The third kappa shape index (κ3) is 4.57. The van der Waals surface area contributed by atoms with Gasteiger partial charge in [-0.15, -0.1) is 0 Å². The van der Waals surface area contributed by atoms with Crippen molar-refractivity contribution in [3.05, 3.63) is 170 Å². The molecule has 0 radical (unpaired) electrons. The molecular formula is C45H28N2O2. The van der Waals surface area contributed by atoms with Crippen molar-refractivity contribution >= 4 is 71.6 Å². The Balaban J connectivity index is 1.12. The van der Waals surface area contributed by atoms with E-state index >= 15 is 0 Å². The number of fused-ring (bicyclic) bond motifs is 7. The fraction of sp³-hybridized carbons (Fsp3) is 0. The van der Waals surface area contributed by atoms with Crippen LogP contribution in [0.5, 0.6) is 0 Å². The molecule has 4 nitrogen and oxygen atoms in total. The maximum atomic E-state index is 6.36. The van der Waals surface area contributed by atoms with E-state index in [4.69, 9.17) is 13.8 Å². The topological polar surface area (TPSA) is 42.4 Å². The van der Waals surface area contributed by atoms with Crippen LogP contribution in [0.1, 0.15) is 0 Å². The lowest BCUT2D eigenvalue weighted by Gasteiger charge is -2.26. The molecule has 0 fully saturated rings. The summed E-state index contributed by atoms with van der Waals surface area (Å²) in [6, 6.07) is 59.4. The van der Waals surface area contributed by atoms with Gasteiger partial charge in [0.05, 0.1) is 0 Å². The molecule has 10 rings (SSSR count). The summed E-state index contributed by atoms with van der Waals surface area (Å²) in [4.78, 5) is 7.02. The Kier molecular flexibility index (Phi) is 6.15. The van der Waals surface area contributed by atoms with Crippen molar-refractivity contribution < 1.29 is 8.83 Å². The molecule has 4 heteroatoms. The third-order valence-corrected chi connectivity index (χ3v) is 9.49. The highest BCUT2D eigenvalue weighted by Gasteiger charge is 2.18. The van der Waals surface area contributed by atoms with Crippen molar-refractivity contribution in [2.45, 2.75) is 0 Å². The lowest BCUT2D eigenvalue weighted by atomic mass is 9.98. The Bertz CT molecular complexity index is 2790. The van der Waals surface area contributed by atoms with Crippen molar-refractivity contribution in [1.29, 1.82) is 0 Å². The molecule has 10 aromatic rings. The standard InChI is InChI=1S/C45H28N2O2/c1-3-11-36-29(8-1)10-7-13-37(36)31-16-21-33(22-17-31)47(34-23-18-32(19-24-34)45-46-40-14-5-6-15-42(40)49-45)35-25-27-41-39(28-35)44-38-12-4-2-9-30(38)20-26-43(44)48-41/h1-28H. The first-order chi connectivity index (χ1) is 24.3. The number of anilines is 3. The number of rotatable bonds is 5. The van der Waals surface area contributed by atoms with Gasteiger partial charge in [-0.25, -0.2) is 4.98 Å². The van der Waals surface area contributed by atoms with Crippen molar-refractivity contribution in [1.82, 2.24) is 4.98 Å². The molecule has 0 aliphatic carbocycles. The Labute approximate surface area is 282 Å². The van der Waals surface area contributed by atoms with Gasteiger partial charge in [0.1, 0.15) is 16.7 Å². The number of benzene rings is 8. The van der Waals surface area contributed by atoms with Crippen LogP contribution in [-0.4, -0.2) is 4.98 Å². The molecule has 0 saturated carbocycles. The predicted octanol–water partition coefficient (Wildman–Crippen LogP) is 12.8. The molecule has 2 aromatic heterocycles. The van der Waals surface area contributed by atoms with E-state index in [-0.39, 0.29) is 0 Å². The van der Waals surface area contributed by atoms with Crippen LogP contribution < -0.4 is 4.90 Å². The Morgan fingerprint density at radius 3 is 1.84 bits per heavy atom. The highest BCUT2D eigenvalue weighted by Crippen LogP contribution is 2.42. The number of hydrogen-bond acceptors (Lipinski definition) is 4. The average Bonchev–Trinajstić information content (AvgIpc) is 3.77. The quantitative estimate of drug-likeness (QED) is 0.190. The maximum absolute atomic E-state index is 6.36. The summed E-state index contributed by atoms with van der Waals surface area (Å²) in [5, 5.41) is 7.08. The van der Waals surface area contributed by atoms with E-state index in [2.05, 4.69) is 150 Å². The lowest BCUT2D eigenvalue weighted by molar-refractivity contribution is 0.620. The van der Waals surface area contributed by atoms with Crippen LogP contribution in [0.4, 0.5) is 17.1 Å². The van der Waals surface area contributed by atoms with E-state index in [0.717, 1.165) is 55.7 Å². The average molecular weight is 629 g/mol. The number of aromatic nitrogens is 1. The summed E-state index contributed by atoms with van der Waals surface area (Å²) >= 11 is 0. The Morgan fingerprint density at radius 2 is 1.04 bits per heavy atom. The van der Waals surface area contributed by atoms with Crippen molar-refractivity contribution in [3.63, 3.8) is 0 Å². The monoisotopic (exact) mass is 628 g/mol. The fourth-order valence-corrected chi connectivity index (χ4v) is 7.14. The third-order valence-electron chi connectivity index (χ3n) is 9.49. The van der Waals surface area contributed by atoms with Crippen LogP contribution in [-0.2, 0) is 0 Å². The second kappa shape index (κ2) is 11.0. The van der Waals surface area contributed by atoms with Crippen LogP contribution in [0.3, 0.4) is 0 Å². The molecule has 0 atom stereocenters. The molecule has 0 bridgehead atoms. The van der Waals surface area contributed by atoms with Gasteiger partial charge in [0.15, 0.2) is 5.58 Å². The molecule has 0 saturated heterocycles. The summed E-state index contributed by atoms with van der Waals surface area (Å²) in [6.45, 7) is 0. The maximum Gasteiger partial charge on any atom is 0.227 e. The molecule has 0 N–H and O–H groups in total. The molecular weight excluding hydrogens is 601 g/mol. The van der Waals surface area contributed by atoms with Gasteiger partial charge in [0, 0.05) is 33.4 Å². The predicted molar refractivity (Wildman–Crippen MR) is 202 cm³/mol. The second-order valence-electron chi connectivity index (χ2n) is 12.4. The normalized spacial score (nSPS) is 11.7. The molecule has 8 aromatic carbocycles. The Morgan fingerprint density at radius 1 is 0.408 bits per heavy atom. The second-order valence-corrected chi connectivity index (χ2v) is 12.4. The minimum Gasteiger partial charge on any atom is -0.456 e. The van der Waals surface area contributed by atoms with E-state index in [0.29, 0.717) is 5.89 Å². The molecule has 0 spiro atoms. The molecule has 0 amide bonds. The van der Waals surface area contributed by atoms with Crippen molar-refractivity contribution in [2.24, 2.45) is 0 Å². The zero-order valence-electron chi connectivity index (χ0n) is 26.4. The van der Waals surface area contributed by atoms with E-state index < -0.39 is 0 Å². The first kappa shape index (κ1) is 27.5. The van der Waals surface area contributed by atoms with Gasteiger partial charge in [0.25, 0.3) is 0 Å². The summed E-state index contributed by atoms with van der Waals surface area (Å²) in [6.07, 6.45) is 0. The molecule has 230 valence electrons. The molecule has 0 aliphatic heterocycles. The van der Waals surface area contributed by atoms with E-state index in [1.807, 2.05) is 24.3 Å². The van der Waals surface area contributed by atoms with Gasteiger partial charge < -0.3 is 13.7 Å². The smallest absolute Gasteiger partial charge is 0.227 e. The van der Waals surface area contributed by atoms with Crippen LogP contribution in [0, 0.1) is 0 Å². The van der Waals surface area contributed by atoms with Gasteiger partial charge >= 0.3 is 0 Å². The van der Waals surface area contributed by atoms with Crippen molar-refractivity contribution in [2.75, 3.05) is 4.90 Å². The van der Waals surface area contributed by atoms with Gasteiger partial charge in [-0.2, -0.15) is 0 Å². The summed E-state index contributed by atoms with van der Waals surface area (Å²) in [5.41, 5.74) is 9.82. The SMILES string of the molecule is c1ccc2c(-c3ccc(N(c4ccc(-c5nc6ccccc6o5)cc4)c4ccc5oc6ccc7ccccc7c6c5c4)cc3)cccc2c1. The summed E-state index contributed by atoms with van der Waals surface area (Å²) < 4.78 is 12.4. The van der Waals surface area contributed by atoms with Gasteiger partial charge in [-0.3, -0.25) is 0 Å². The van der Waals surface area contributed by atoms with E-state index in [9.17, 15) is 0 Å². The van der Waals surface area contributed by atoms with Crippen molar-refractivity contribution in [3.8, 4) is 22.6 Å². The zero-order valence-corrected chi connectivity index (χ0v) is 26.4. The minimum atomic E-state index is 0.608. The van der Waals surface area contributed by atoms with Gasteiger partial charge in [0.2, 0.25) is 5.89 Å². The lowest BCUT2D eigenvalue weighted by Crippen LogP contribution is -2.09. The number of furan rings is 1. The largest absolute Gasteiger partial charge is 0.456 e. The summed E-state index contributed by atoms with van der Waals surface area (Å²) in [7, 11) is 0. The number of nitrogens with zero attached hydrogens (tertiary/aromatic N) is 2. The minimum absolute atomic E-state index is 0.608. The number of para-hydroxylation sites is 2. The fourth-order valence-electron chi connectivity index (χ4n) is 7.14. The summed E-state index contributed by atoms with van der Waals surface area (Å²) in [5.74, 6) is 0.608. The van der Waals surface area contributed by atoms with Gasteiger partial charge in [-0.05, 0) is 105 Å². The number of oxazole rings is 1.